The molecule has 3 aromatic rings. The third-order valence-electron chi connectivity index (χ3n) is 2.65. The fraction of sp³-hybridized carbons (Fsp3) is 0.0769. The Morgan fingerprint density at radius 1 is 1.21 bits per heavy atom. The SMILES string of the molecule is Cc1cnnc(-n2cnc(-c3cccc(N)c3)n2)c1. The first-order chi connectivity index (χ1) is 9.22. The summed E-state index contributed by atoms with van der Waals surface area (Å²) in [7, 11) is 0. The third kappa shape index (κ3) is 2.28. The molecule has 0 aliphatic heterocycles. The Morgan fingerprint density at radius 3 is 2.89 bits per heavy atom. The minimum atomic E-state index is 0.607. The van der Waals surface area contributed by atoms with Crippen LogP contribution in [-0.2, 0) is 0 Å². The van der Waals surface area contributed by atoms with Crippen LogP contribution in [0.4, 0.5) is 5.69 Å². The van der Waals surface area contributed by atoms with E-state index in [4.69, 9.17) is 5.73 Å². The van der Waals surface area contributed by atoms with Gasteiger partial charge in [0.1, 0.15) is 6.33 Å². The monoisotopic (exact) mass is 252 g/mol. The smallest absolute Gasteiger partial charge is 0.181 e. The van der Waals surface area contributed by atoms with Crippen LogP contribution in [0.5, 0.6) is 0 Å². The molecule has 2 heterocycles. The van der Waals surface area contributed by atoms with Crippen molar-refractivity contribution in [2.24, 2.45) is 0 Å². The summed E-state index contributed by atoms with van der Waals surface area (Å²) in [5, 5.41) is 12.3. The number of nitrogens with two attached hydrogens (primary N) is 1. The van der Waals surface area contributed by atoms with Crippen molar-refractivity contribution in [1.82, 2.24) is 25.0 Å². The van der Waals surface area contributed by atoms with E-state index in [1.807, 2.05) is 37.3 Å². The summed E-state index contributed by atoms with van der Waals surface area (Å²) in [4.78, 5) is 4.26. The van der Waals surface area contributed by atoms with Crippen LogP contribution < -0.4 is 5.73 Å². The molecule has 0 radical (unpaired) electrons. The Hall–Kier alpha value is -2.76. The Bertz CT molecular complexity index is 658. The van der Waals surface area contributed by atoms with E-state index < -0.39 is 0 Å². The van der Waals surface area contributed by atoms with Crippen LogP contribution in [0.2, 0.25) is 0 Å². The number of aromatic nitrogens is 5. The molecular weight excluding hydrogens is 240 g/mol. The Balaban J connectivity index is 2.00. The highest BCUT2D eigenvalue weighted by Gasteiger charge is 2.07. The second-order valence-corrected chi connectivity index (χ2v) is 4.23. The first kappa shape index (κ1) is 11.3. The van der Waals surface area contributed by atoms with Gasteiger partial charge in [-0.15, -0.1) is 10.2 Å². The van der Waals surface area contributed by atoms with Crippen LogP contribution in [0.15, 0.2) is 42.9 Å². The van der Waals surface area contributed by atoms with E-state index in [1.54, 1.807) is 17.2 Å². The molecule has 6 heteroatoms. The van der Waals surface area contributed by atoms with Crippen LogP contribution in [0.3, 0.4) is 0 Å². The molecule has 3 rings (SSSR count). The zero-order valence-electron chi connectivity index (χ0n) is 10.4. The van der Waals surface area contributed by atoms with E-state index >= 15 is 0 Å². The van der Waals surface area contributed by atoms with Crippen molar-refractivity contribution >= 4 is 5.69 Å². The molecule has 2 N–H and O–H groups in total. The van der Waals surface area contributed by atoms with Gasteiger partial charge in [-0.3, -0.25) is 0 Å². The molecule has 0 saturated heterocycles. The highest BCUT2D eigenvalue weighted by atomic mass is 15.4. The number of benzene rings is 1. The van der Waals surface area contributed by atoms with Crippen molar-refractivity contribution in [3.05, 3.63) is 48.4 Å². The molecule has 0 bridgehead atoms. The minimum Gasteiger partial charge on any atom is -0.399 e. The van der Waals surface area contributed by atoms with Crippen molar-refractivity contribution in [3.8, 4) is 17.2 Å². The third-order valence-corrected chi connectivity index (χ3v) is 2.65. The second-order valence-electron chi connectivity index (χ2n) is 4.23. The van der Waals surface area contributed by atoms with Gasteiger partial charge < -0.3 is 5.73 Å². The molecule has 0 amide bonds. The highest BCUT2D eigenvalue weighted by Crippen LogP contribution is 2.17. The molecule has 0 unspecified atom stereocenters. The Kier molecular flexibility index (Phi) is 2.68. The molecule has 0 spiro atoms. The van der Waals surface area contributed by atoms with E-state index in [0.29, 0.717) is 17.3 Å². The number of hydrogen-bond donors (Lipinski definition) is 1. The molecule has 94 valence electrons. The van der Waals surface area contributed by atoms with Crippen LogP contribution in [0, 0.1) is 6.92 Å². The molecule has 1 aromatic carbocycles. The van der Waals surface area contributed by atoms with Gasteiger partial charge in [-0.25, -0.2) is 9.67 Å². The van der Waals surface area contributed by atoms with Gasteiger partial charge in [0.05, 0.1) is 6.20 Å². The maximum atomic E-state index is 5.75. The lowest BCUT2D eigenvalue weighted by Gasteiger charge is -1.99. The fourth-order valence-electron chi connectivity index (χ4n) is 1.74. The number of nitrogens with zero attached hydrogens (tertiary/aromatic N) is 5. The Morgan fingerprint density at radius 2 is 2.11 bits per heavy atom. The van der Waals surface area contributed by atoms with E-state index in [2.05, 4.69) is 20.3 Å². The van der Waals surface area contributed by atoms with E-state index in [0.717, 1.165) is 11.1 Å². The van der Waals surface area contributed by atoms with Gasteiger partial charge in [0.25, 0.3) is 0 Å². The first-order valence-electron chi connectivity index (χ1n) is 5.80. The normalized spacial score (nSPS) is 10.6. The summed E-state index contributed by atoms with van der Waals surface area (Å²) >= 11 is 0. The molecule has 0 aliphatic rings. The summed E-state index contributed by atoms with van der Waals surface area (Å²) in [6.45, 7) is 1.95. The first-order valence-corrected chi connectivity index (χ1v) is 5.80. The van der Waals surface area contributed by atoms with Crippen molar-refractivity contribution in [3.63, 3.8) is 0 Å². The molecule has 2 aromatic heterocycles. The number of rotatable bonds is 2. The fourth-order valence-corrected chi connectivity index (χ4v) is 1.74. The maximum absolute atomic E-state index is 5.75. The summed E-state index contributed by atoms with van der Waals surface area (Å²) in [5.74, 6) is 1.25. The molecule has 6 nitrogen and oxygen atoms in total. The van der Waals surface area contributed by atoms with Crippen molar-refractivity contribution < 1.29 is 0 Å². The zero-order chi connectivity index (χ0) is 13.2. The van der Waals surface area contributed by atoms with E-state index in [1.165, 1.54) is 0 Å². The molecule has 19 heavy (non-hydrogen) atoms. The van der Waals surface area contributed by atoms with Crippen molar-refractivity contribution in [2.45, 2.75) is 6.92 Å². The van der Waals surface area contributed by atoms with Gasteiger partial charge in [-0.05, 0) is 30.7 Å². The predicted octanol–water partition coefficient (Wildman–Crippen LogP) is 1.61. The lowest BCUT2D eigenvalue weighted by atomic mass is 10.2. The zero-order valence-corrected chi connectivity index (χ0v) is 10.4. The Labute approximate surface area is 109 Å². The highest BCUT2D eigenvalue weighted by molar-refractivity contribution is 5.60. The van der Waals surface area contributed by atoms with E-state index in [-0.39, 0.29) is 0 Å². The van der Waals surface area contributed by atoms with Crippen molar-refractivity contribution in [1.29, 1.82) is 0 Å². The molecule has 0 saturated carbocycles. The lowest BCUT2D eigenvalue weighted by molar-refractivity contribution is 0.811. The quantitative estimate of drug-likeness (QED) is 0.701. The second kappa shape index (κ2) is 4.49. The van der Waals surface area contributed by atoms with Crippen LogP contribution >= 0.6 is 0 Å². The summed E-state index contributed by atoms with van der Waals surface area (Å²) < 4.78 is 1.60. The van der Waals surface area contributed by atoms with Gasteiger partial charge >= 0.3 is 0 Å². The standard InChI is InChI=1S/C13H12N6/c1-9-5-12(17-16-7-9)19-8-15-13(18-19)10-3-2-4-11(14)6-10/h2-8H,14H2,1H3. The maximum Gasteiger partial charge on any atom is 0.181 e. The number of nitrogen functional groups attached to an aromatic ring is 1. The molecule has 0 fully saturated rings. The summed E-state index contributed by atoms with van der Waals surface area (Å²) in [6, 6.07) is 9.34. The number of hydrogen-bond acceptors (Lipinski definition) is 5. The van der Waals surface area contributed by atoms with Crippen molar-refractivity contribution in [2.75, 3.05) is 5.73 Å². The molecule has 0 atom stereocenters. The van der Waals surface area contributed by atoms with Gasteiger partial charge in [0.2, 0.25) is 0 Å². The van der Waals surface area contributed by atoms with Gasteiger partial charge in [0.15, 0.2) is 11.6 Å². The minimum absolute atomic E-state index is 0.607. The summed E-state index contributed by atoms with van der Waals surface area (Å²) in [6.07, 6.45) is 3.31. The van der Waals surface area contributed by atoms with Gasteiger partial charge in [-0.2, -0.15) is 5.10 Å². The van der Waals surface area contributed by atoms with E-state index in [9.17, 15) is 0 Å². The van der Waals surface area contributed by atoms with Gasteiger partial charge in [-0.1, -0.05) is 12.1 Å². The largest absolute Gasteiger partial charge is 0.399 e. The molecular formula is C13H12N6. The van der Waals surface area contributed by atoms with Crippen LogP contribution in [0.1, 0.15) is 5.56 Å². The topological polar surface area (TPSA) is 82.5 Å². The number of anilines is 1. The average molecular weight is 252 g/mol. The average Bonchev–Trinajstić information content (AvgIpc) is 2.88. The van der Waals surface area contributed by atoms with Crippen LogP contribution in [-0.4, -0.2) is 25.0 Å². The predicted molar refractivity (Wildman–Crippen MR) is 71.5 cm³/mol. The number of aryl methyl sites for hydroxylation is 1. The van der Waals surface area contributed by atoms with Gasteiger partial charge in [0, 0.05) is 11.3 Å². The summed E-state index contributed by atoms with van der Waals surface area (Å²) in [5.41, 5.74) is 8.33. The lowest BCUT2D eigenvalue weighted by Crippen LogP contribution is -2.00. The van der Waals surface area contributed by atoms with Crippen LogP contribution in [0.25, 0.3) is 17.2 Å². The molecule has 0 aliphatic carbocycles.